The maximum Gasteiger partial charge on any atom is 0.330 e. The standard InChI is InChI=1S/C33H40N2O5/c1-4-39-29-19-28(20-30(21-29)40-5-2)24(3)35(18-12-11-15-25-13-7-6-8-14-25)32(38)34-33(31(36)37)22-26-16-9-10-17-27(26)23-33/h6-10,13-14,16-17,19-21,24H,4-5,11-12,15,18,22-23H2,1-3H3,(H,34,38)(H,36,37)/t24-/m1/s1. The van der Waals surface area contributed by atoms with Crippen LogP contribution in [-0.4, -0.2) is 47.3 Å². The third-order valence-electron chi connectivity index (χ3n) is 7.55. The average Bonchev–Trinajstić information content (AvgIpc) is 3.33. The number of carboxylic acids is 1. The first kappa shape index (κ1) is 29.0. The first-order chi connectivity index (χ1) is 19.3. The van der Waals surface area contributed by atoms with Crippen LogP contribution in [0.1, 0.15) is 61.9 Å². The molecule has 212 valence electrons. The Hall–Kier alpha value is -4.00. The molecule has 4 rings (SSSR count). The second-order valence-electron chi connectivity index (χ2n) is 10.4. The zero-order chi connectivity index (χ0) is 28.5. The average molecular weight is 545 g/mol. The molecular weight excluding hydrogens is 504 g/mol. The summed E-state index contributed by atoms with van der Waals surface area (Å²) in [5.41, 5.74) is 2.65. The van der Waals surface area contributed by atoms with E-state index in [1.807, 2.05) is 81.4 Å². The summed E-state index contributed by atoms with van der Waals surface area (Å²) in [6, 6.07) is 22.9. The van der Waals surface area contributed by atoms with Gasteiger partial charge in [0.05, 0.1) is 19.3 Å². The van der Waals surface area contributed by atoms with Crippen molar-refractivity contribution < 1.29 is 24.2 Å². The largest absolute Gasteiger partial charge is 0.494 e. The summed E-state index contributed by atoms with van der Waals surface area (Å²) in [5.74, 6) is 0.326. The molecule has 0 saturated carbocycles. The van der Waals surface area contributed by atoms with Crippen LogP contribution in [0, 0.1) is 0 Å². The van der Waals surface area contributed by atoms with Gasteiger partial charge in [0.1, 0.15) is 17.0 Å². The molecule has 1 aliphatic rings. The molecule has 7 nitrogen and oxygen atoms in total. The molecule has 3 aromatic rings. The van der Waals surface area contributed by atoms with E-state index in [1.54, 1.807) is 4.90 Å². The van der Waals surface area contributed by atoms with Gasteiger partial charge in [0.25, 0.3) is 0 Å². The summed E-state index contributed by atoms with van der Waals surface area (Å²) in [5, 5.41) is 13.2. The first-order valence-electron chi connectivity index (χ1n) is 14.2. The van der Waals surface area contributed by atoms with Crippen LogP contribution >= 0.6 is 0 Å². The molecule has 0 unspecified atom stereocenters. The Bertz CT molecular complexity index is 1240. The Labute approximate surface area is 237 Å². The van der Waals surface area contributed by atoms with Gasteiger partial charge in [0.15, 0.2) is 0 Å². The molecule has 0 fully saturated rings. The number of hydrogen-bond acceptors (Lipinski definition) is 4. The number of carbonyl (C=O) groups is 2. The van der Waals surface area contributed by atoms with Crippen molar-refractivity contribution in [1.29, 1.82) is 0 Å². The van der Waals surface area contributed by atoms with Gasteiger partial charge in [-0.3, -0.25) is 0 Å². The lowest BCUT2D eigenvalue weighted by Crippen LogP contribution is -2.59. The molecule has 1 aliphatic carbocycles. The minimum absolute atomic E-state index is 0.259. The van der Waals surface area contributed by atoms with Gasteiger partial charge in [-0.2, -0.15) is 0 Å². The quantitative estimate of drug-likeness (QED) is 0.250. The zero-order valence-corrected chi connectivity index (χ0v) is 23.7. The molecule has 0 aromatic heterocycles. The Morgan fingerprint density at radius 2 is 1.48 bits per heavy atom. The Kier molecular flexibility index (Phi) is 9.70. The summed E-state index contributed by atoms with van der Waals surface area (Å²) in [7, 11) is 0. The van der Waals surface area contributed by atoms with Crippen LogP contribution in [0.3, 0.4) is 0 Å². The summed E-state index contributed by atoms with van der Waals surface area (Å²) in [6.07, 6.45) is 3.10. The van der Waals surface area contributed by atoms with Crippen LogP contribution in [0.4, 0.5) is 4.79 Å². The highest BCUT2D eigenvalue weighted by molar-refractivity contribution is 5.88. The molecule has 0 spiro atoms. The predicted octanol–water partition coefficient (Wildman–Crippen LogP) is 6.20. The SMILES string of the molecule is CCOc1cc(OCC)cc([C@@H](C)N(CCCCc2ccccc2)C(=O)NC2(C(=O)O)Cc3ccccc3C2)c1. The lowest BCUT2D eigenvalue weighted by Gasteiger charge is -2.34. The normalized spacial score (nSPS) is 14.2. The lowest BCUT2D eigenvalue weighted by atomic mass is 9.96. The molecule has 40 heavy (non-hydrogen) atoms. The second-order valence-corrected chi connectivity index (χ2v) is 10.4. The molecule has 0 saturated heterocycles. The first-order valence-corrected chi connectivity index (χ1v) is 14.2. The molecule has 2 N–H and O–H groups in total. The van der Waals surface area contributed by atoms with Gasteiger partial charge in [-0.1, -0.05) is 54.6 Å². The smallest absolute Gasteiger partial charge is 0.330 e. The zero-order valence-electron chi connectivity index (χ0n) is 23.7. The van der Waals surface area contributed by atoms with Crippen LogP contribution in [-0.2, 0) is 24.1 Å². The number of amides is 2. The fourth-order valence-electron chi connectivity index (χ4n) is 5.43. The Morgan fingerprint density at radius 3 is 2.02 bits per heavy atom. The fourth-order valence-corrected chi connectivity index (χ4v) is 5.43. The van der Waals surface area contributed by atoms with Crippen molar-refractivity contribution in [3.8, 4) is 11.5 Å². The lowest BCUT2D eigenvalue weighted by molar-refractivity contribution is -0.144. The number of nitrogens with zero attached hydrogens (tertiary/aromatic N) is 1. The molecule has 0 heterocycles. The number of ether oxygens (including phenoxy) is 2. The highest BCUT2D eigenvalue weighted by Gasteiger charge is 2.46. The monoisotopic (exact) mass is 544 g/mol. The van der Waals surface area contributed by atoms with E-state index in [0.717, 1.165) is 36.0 Å². The van der Waals surface area contributed by atoms with Crippen molar-refractivity contribution in [1.82, 2.24) is 10.2 Å². The van der Waals surface area contributed by atoms with E-state index in [4.69, 9.17) is 9.47 Å². The van der Waals surface area contributed by atoms with Gasteiger partial charge in [-0.05, 0) is 74.4 Å². The number of aliphatic carboxylic acids is 1. The second kappa shape index (κ2) is 13.4. The van der Waals surface area contributed by atoms with Crippen LogP contribution in [0.5, 0.6) is 11.5 Å². The van der Waals surface area contributed by atoms with Crippen molar-refractivity contribution in [3.05, 3.63) is 95.1 Å². The number of benzene rings is 3. The molecule has 7 heteroatoms. The number of nitrogens with one attached hydrogen (secondary N) is 1. The Morgan fingerprint density at radius 1 is 0.900 bits per heavy atom. The summed E-state index contributed by atoms with van der Waals surface area (Å²) in [6.45, 7) is 7.31. The highest BCUT2D eigenvalue weighted by Crippen LogP contribution is 2.33. The van der Waals surface area contributed by atoms with Crippen LogP contribution in [0.25, 0.3) is 0 Å². The number of carboxylic acid groups (broad SMARTS) is 1. The fraction of sp³-hybridized carbons (Fsp3) is 0.394. The molecule has 2 amide bonds. The van der Waals surface area contributed by atoms with E-state index < -0.39 is 11.5 Å². The van der Waals surface area contributed by atoms with Gasteiger partial charge in [0.2, 0.25) is 0 Å². The van der Waals surface area contributed by atoms with E-state index in [1.165, 1.54) is 5.56 Å². The molecular formula is C33H40N2O5. The molecule has 0 bridgehead atoms. The van der Waals surface area contributed by atoms with Gasteiger partial charge in [-0.25, -0.2) is 9.59 Å². The Balaban J connectivity index is 1.57. The van der Waals surface area contributed by atoms with Crippen LogP contribution in [0.2, 0.25) is 0 Å². The molecule has 3 aromatic carbocycles. The van der Waals surface area contributed by atoms with Crippen molar-refractivity contribution in [3.63, 3.8) is 0 Å². The summed E-state index contributed by atoms with van der Waals surface area (Å²) < 4.78 is 11.6. The maximum absolute atomic E-state index is 13.9. The van der Waals surface area contributed by atoms with Gasteiger partial charge < -0.3 is 24.8 Å². The maximum atomic E-state index is 13.9. The number of rotatable bonds is 13. The van der Waals surface area contributed by atoms with Crippen molar-refractivity contribution in [2.75, 3.05) is 19.8 Å². The van der Waals surface area contributed by atoms with Crippen molar-refractivity contribution >= 4 is 12.0 Å². The van der Waals surface area contributed by atoms with E-state index in [2.05, 4.69) is 17.4 Å². The minimum Gasteiger partial charge on any atom is -0.494 e. The van der Waals surface area contributed by atoms with Gasteiger partial charge in [0, 0.05) is 25.5 Å². The topological polar surface area (TPSA) is 88.1 Å². The number of aryl methyl sites for hydroxylation is 1. The van der Waals surface area contributed by atoms with Crippen molar-refractivity contribution in [2.45, 2.75) is 64.5 Å². The number of unbranched alkanes of at least 4 members (excludes halogenated alkanes) is 1. The molecule has 0 radical (unpaired) electrons. The highest BCUT2D eigenvalue weighted by atomic mass is 16.5. The number of hydrogen-bond donors (Lipinski definition) is 2. The van der Waals surface area contributed by atoms with Crippen LogP contribution in [0.15, 0.2) is 72.8 Å². The van der Waals surface area contributed by atoms with Gasteiger partial charge in [-0.15, -0.1) is 0 Å². The minimum atomic E-state index is -1.38. The van der Waals surface area contributed by atoms with E-state index >= 15 is 0 Å². The van der Waals surface area contributed by atoms with Crippen molar-refractivity contribution in [2.24, 2.45) is 0 Å². The predicted molar refractivity (Wildman–Crippen MR) is 156 cm³/mol. The third-order valence-corrected chi connectivity index (χ3v) is 7.55. The number of urea groups is 1. The summed E-state index contributed by atoms with van der Waals surface area (Å²) >= 11 is 0. The van der Waals surface area contributed by atoms with E-state index in [9.17, 15) is 14.7 Å². The van der Waals surface area contributed by atoms with E-state index in [0.29, 0.717) is 31.3 Å². The molecule has 1 atom stereocenters. The van der Waals surface area contributed by atoms with E-state index in [-0.39, 0.29) is 24.9 Å². The molecule has 0 aliphatic heterocycles. The summed E-state index contributed by atoms with van der Waals surface area (Å²) in [4.78, 5) is 28.3. The van der Waals surface area contributed by atoms with Gasteiger partial charge >= 0.3 is 12.0 Å². The van der Waals surface area contributed by atoms with Crippen LogP contribution < -0.4 is 14.8 Å². The number of carbonyl (C=O) groups excluding carboxylic acids is 1. The number of fused-ring (bicyclic) bond motifs is 1. The third kappa shape index (κ3) is 6.95.